The summed E-state index contributed by atoms with van der Waals surface area (Å²) in [5, 5.41) is 24.8. The molecular weight excluding hydrogens is 128 g/mol. The normalized spacial score (nSPS) is 9.30. The zero-order chi connectivity index (χ0) is 7.98. The van der Waals surface area contributed by atoms with Gasteiger partial charge in [0.05, 0.1) is 6.26 Å². The molecule has 0 amide bonds. The van der Waals surface area contributed by atoms with Crippen LogP contribution in [0.4, 0.5) is 0 Å². The lowest BCUT2D eigenvalue weighted by atomic mass is 10.2. The van der Waals surface area contributed by atoms with Crippen LogP contribution in [0, 0.1) is 22.7 Å². The molecule has 0 aliphatic carbocycles. The van der Waals surface area contributed by atoms with Crippen LogP contribution in [0.1, 0.15) is 6.92 Å². The Hall–Kier alpha value is -1.74. The minimum Gasteiger partial charge on any atom is -0.515 e. The maximum Gasteiger partial charge on any atom is 0.130 e. The van der Waals surface area contributed by atoms with Crippen LogP contribution in [0.2, 0.25) is 0 Å². The third-order valence-electron chi connectivity index (χ3n) is 0.817. The molecule has 0 unspecified atom stereocenters. The highest BCUT2D eigenvalue weighted by molar-refractivity contribution is 5.40. The van der Waals surface area contributed by atoms with Crippen molar-refractivity contribution in [2.45, 2.75) is 6.92 Å². The van der Waals surface area contributed by atoms with Gasteiger partial charge in [-0.15, -0.1) is 0 Å². The summed E-state index contributed by atoms with van der Waals surface area (Å²) in [4.78, 5) is 0. The molecule has 0 heterocycles. The maximum absolute atomic E-state index is 8.35. The van der Waals surface area contributed by atoms with Crippen molar-refractivity contribution < 1.29 is 5.11 Å². The van der Waals surface area contributed by atoms with Gasteiger partial charge in [0.1, 0.15) is 17.7 Å². The van der Waals surface area contributed by atoms with Crippen molar-refractivity contribution in [1.29, 1.82) is 10.5 Å². The molecule has 0 atom stereocenters. The largest absolute Gasteiger partial charge is 0.515 e. The van der Waals surface area contributed by atoms with Crippen molar-refractivity contribution in [3.8, 4) is 12.1 Å². The second-order valence-electron chi connectivity index (χ2n) is 1.65. The Kier molecular flexibility index (Phi) is 3.44. The van der Waals surface area contributed by atoms with Gasteiger partial charge in [-0.1, -0.05) is 0 Å². The summed E-state index contributed by atoms with van der Waals surface area (Å²) >= 11 is 0. The summed E-state index contributed by atoms with van der Waals surface area (Å²) in [6.07, 6.45) is 2.15. The fourth-order valence-corrected chi connectivity index (χ4v) is 0.354. The number of hydrogen-bond acceptors (Lipinski definition) is 3. The minimum atomic E-state index is -0.0113. The molecule has 0 aromatic heterocycles. The molecule has 0 spiro atoms. The molecule has 0 rings (SSSR count). The summed E-state index contributed by atoms with van der Waals surface area (Å²) in [7, 11) is 0. The number of nitrogens with zero attached hydrogens (tertiary/aromatic N) is 2. The summed E-state index contributed by atoms with van der Waals surface area (Å²) in [6.45, 7) is 1.59. The van der Waals surface area contributed by atoms with Gasteiger partial charge in [0.2, 0.25) is 0 Å². The number of aliphatic hydroxyl groups is 1. The van der Waals surface area contributed by atoms with E-state index < -0.39 is 0 Å². The molecular formula is C7H6N2O. The second kappa shape index (κ2) is 4.17. The van der Waals surface area contributed by atoms with Gasteiger partial charge in [0.25, 0.3) is 0 Å². The Balaban J connectivity index is 4.49. The van der Waals surface area contributed by atoms with Gasteiger partial charge in [-0.25, -0.2) is 0 Å². The first-order valence-corrected chi connectivity index (χ1v) is 2.57. The van der Waals surface area contributed by atoms with Crippen LogP contribution in [0.15, 0.2) is 23.5 Å². The Bertz CT molecular complexity index is 234. The van der Waals surface area contributed by atoms with E-state index in [1.807, 2.05) is 0 Å². The predicted octanol–water partition coefficient (Wildman–Crippen LogP) is 1.42. The lowest BCUT2D eigenvalue weighted by molar-refractivity contribution is 0.469. The molecule has 0 saturated carbocycles. The molecule has 50 valence electrons. The molecule has 0 aliphatic heterocycles. The smallest absolute Gasteiger partial charge is 0.130 e. The highest BCUT2D eigenvalue weighted by Gasteiger charge is 1.90. The molecule has 1 N–H and O–H groups in total. The van der Waals surface area contributed by atoms with E-state index in [1.54, 1.807) is 19.1 Å². The molecule has 10 heavy (non-hydrogen) atoms. The van der Waals surface area contributed by atoms with Crippen LogP contribution in [0.25, 0.3) is 0 Å². The zero-order valence-electron chi connectivity index (χ0n) is 5.50. The van der Waals surface area contributed by atoms with Gasteiger partial charge in [-0.2, -0.15) is 10.5 Å². The Morgan fingerprint density at radius 2 is 1.90 bits per heavy atom. The van der Waals surface area contributed by atoms with Crippen LogP contribution in [0.5, 0.6) is 0 Å². The van der Waals surface area contributed by atoms with Crippen LogP contribution in [0.3, 0.4) is 0 Å². The molecule has 0 fully saturated rings. The van der Waals surface area contributed by atoms with Crippen molar-refractivity contribution in [2.75, 3.05) is 0 Å². The van der Waals surface area contributed by atoms with Crippen molar-refractivity contribution in [3.05, 3.63) is 23.5 Å². The molecule has 3 heteroatoms. The lowest BCUT2D eigenvalue weighted by Gasteiger charge is -1.83. The number of allylic oxidation sites excluding steroid dienone is 3. The predicted molar refractivity (Wildman–Crippen MR) is 35.7 cm³/mol. The summed E-state index contributed by atoms with van der Waals surface area (Å²) in [5.41, 5.74) is 0.473. The first kappa shape index (κ1) is 8.26. The molecule has 0 aromatic carbocycles. The molecule has 0 bridgehead atoms. The highest BCUT2D eigenvalue weighted by Crippen LogP contribution is 1.98. The molecule has 0 aliphatic rings. The third-order valence-corrected chi connectivity index (χ3v) is 0.817. The Labute approximate surface area is 59.1 Å². The molecule has 0 aromatic rings. The van der Waals surface area contributed by atoms with Crippen molar-refractivity contribution in [3.63, 3.8) is 0 Å². The van der Waals surface area contributed by atoms with E-state index in [2.05, 4.69) is 0 Å². The minimum absolute atomic E-state index is 0.0113. The van der Waals surface area contributed by atoms with E-state index in [9.17, 15) is 0 Å². The molecule has 0 saturated heterocycles. The molecule has 3 nitrogen and oxygen atoms in total. The second-order valence-corrected chi connectivity index (χ2v) is 1.65. The van der Waals surface area contributed by atoms with Gasteiger partial charge in [0, 0.05) is 0 Å². The van der Waals surface area contributed by atoms with Gasteiger partial charge in [-0.05, 0) is 18.6 Å². The molecule has 0 radical (unpaired) electrons. The van der Waals surface area contributed by atoms with Crippen molar-refractivity contribution in [1.82, 2.24) is 0 Å². The fraction of sp³-hybridized carbons (Fsp3) is 0.143. The average Bonchev–Trinajstić information content (AvgIpc) is 1.99. The highest BCUT2D eigenvalue weighted by atomic mass is 16.2. The Morgan fingerprint density at radius 3 is 2.20 bits per heavy atom. The van der Waals surface area contributed by atoms with E-state index in [1.165, 1.54) is 6.08 Å². The topological polar surface area (TPSA) is 67.8 Å². The Morgan fingerprint density at radius 1 is 1.40 bits per heavy atom. The van der Waals surface area contributed by atoms with E-state index in [-0.39, 0.29) is 5.57 Å². The first-order valence-electron chi connectivity index (χ1n) is 2.57. The van der Waals surface area contributed by atoms with Crippen LogP contribution >= 0.6 is 0 Å². The van der Waals surface area contributed by atoms with Gasteiger partial charge >= 0.3 is 0 Å². The van der Waals surface area contributed by atoms with E-state index in [0.29, 0.717) is 5.57 Å². The van der Waals surface area contributed by atoms with E-state index >= 15 is 0 Å². The van der Waals surface area contributed by atoms with Gasteiger partial charge in [0.15, 0.2) is 0 Å². The average molecular weight is 134 g/mol. The van der Waals surface area contributed by atoms with Crippen molar-refractivity contribution in [2.24, 2.45) is 0 Å². The zero-order valence-corrected chi connectivity index (χ0v) is 5.50. The monoisotopic (exact) mass is 134 g/mol. The van der Waals surface area contributed by atoms with E-state index in [0.717, 1.165) is 6.26 Å². The summed E-state index contributed by atoms with van der Waals surface area (Å²) < 4.78 is 0. The summed E-state index contributed by atoms with van der Waals surface area (Å²) in [5.74, 6) is 0. The number of hydrogen-bond donors (Lipinski definition) is 1. The van der Waals surface area contributed by atoms with Crippen LogP contribution in [-0.4, -0.2) is 5.11 Å². The number of nitriles is 2. The first-order chi connectivity index (χ1) is 4.74. The van der Waals surface area contributed by atoms with Crippen molar-refractivity contribution >= 4 is 0 Å². The third kappa shape index (κ3) is 2.54. The summed E-state index contributed by atoms with van der Waals surface area (Å²) in [6, 6.07) is 3.33. The van der Waals surface area contributed by atoms with Crippen LogP contribution < -0.4 is 0 Å². The number of rotatable bonds is 1. The van der Waals surface area contributed by atoms with Gasteiger partial charge < -0.3 is 5.11 Å². The van der Waals surface area contributed by atoms with Crippen LogP contribution in [-0.2, 0) is 0 Å². The van der Waals surface area contributed by atoms with E-state index in [4.69, 9.17) is 15.6 Å². The standard InChI is InChI=1S/C7H6N2O/c1-6(5-10)2-7(3-8)4-9/h2,5,10H,1H3/b6-5+. The maximum atomic E-state index is 8.35. The lowest BCUT2D eigenvalue weighted by Crippen LogP contribution is -1.74. The SMILES string of the molecule is C/C(C=C(C#N)C#N)=C\O. The number of aliphatic hydroxyl groups excluding tert-OH is 1. The van der Waals surface area contributed by atoms with Gasteiger partial charge in [-0.3, -0.25) is 0 Å². The quantitative estimate of drug-likeness (QED) is 0.335. The fourth-order valence-electron chi connectivity index (χ4n) is 0.354.